The summed E-state index contributed by atoms with van der Waals surface area (Å²) in [4.78, 5) is 0. The maximum Gasteiger partial charge on any atom is 0.145 e. The first-order valence-corrected chi connectivity index (χ1v) is 5.76. The quantitative estimate of drug-likeness (QED) is 0.929. The minimum absolute atomic E-state index is 0.0380. The van der Waals surface area contributed by atoms with E-state index in [2.05, 4.69) is 5.32 Å². The molecule has 0 unspecified atom stereocenters. The molecule has 20 heavy (non-hydrogen) atoms. The normalized spacial score (nSPS) is 9.60. The molecule has 0 radical (unpaired) electrons. The van der Waals surface area contributed by atoms with Gasteiger partial charge < -0.3 is 5.32 Å². The minimum atomic E-state index is -0.594. The van der Waals surface area contributed by atoms with E-state index in [9.17, 15) is 8.78 Å². The predicted octanol–water partition coefficient (Wildman–Crippen LogP) is 3.32. The Balaban J connectivity index is 2.22. The molecule has 0 atom stereocenters. The summed E-state index contributed by atoms with van der Waals surface area (Å²) in [5.41, 5.74) is 0.818. The molecule has 2 aromatic rings. The van der Waals surface area contributed by atoms with E-state index in [-0.39, 0.29) is 17.7 Å². The van der Waals surface area contributed by atoms with Crippen LogP contribution in [0.1, 0.15) is 16.7 Å². The van der Waals surface area contributed by atoms with Gasteiger partial charge in [-0.15, -0.1) is 0 Å². The van der Waals surface area contributed by atoms with Gasteiger partial charge in [0.05, 0.1) is 16.8 Å². The van der Waals surface area contributed by atoms with E-state index in [1.54, 1.807) is 18.2 Å². The van der Waals surface area contributed by atoms with Crippen molar-refractivity contribution in [3.05, 3.63) is 64.7 Å². The van der Waals surface area contributed by atoms with Gasteiger partial charge in [0.1, 0.15) is 23.8 Å². The highest BCUT2D eigenvalue weighted by molar-refractivity contribution is 5.57. The van der Waals surface area contributed by atoms with E-state index in [0.717, 1.165) is 6.07 Å². The highest BCUT2D eigenvalue weighted by Crippen LogP contribution is 2.18. The van der Waals surface area contributed by atoms with Gasteiger partial charge in [0.2, 0.25) is 0 Å². The van der Waals surface area contributed by atoms with Crippen molar-refractivity contribution in [1.29, 1.82) is 10.5 Å². The zero-order valence-corrected chi connectivity index (χ0v) is 10.3. The Morgan fingerprint density at radius 3 is 2.45 bits per heavy atom. The molecule has 98 valence electrons. The Morgan fingerprint density at radius 1 is 1.00 bits per heavy atom. The van der Waals surface area contributed by atoms with Crippen LogP contribution in [0.15, 0.2) is 36.4 Å². The summed E-state index contributed by atoms with van der Waals surface area (Å²) < 4.78 is 26.8. The smallest absolute Gasteiger partial charge is 0.145 e. The van der Waals surface area contributed by atoms with E-state index in [0.29, 0.717) is 11.3 Å². The Kier molecular flexibility index (Phi) is 3.93. The lowest BCUT2D eigenvalue weighted by Gasteiger charge is -2.09. The van der Waals surface area contributed by atoms with Gasteiger partial charge in [0.25, 0.3) is 0 Å². The second kappa shape index (κ2) is 5.81. The molecule has 0 aromatic heterocycles. The molecular formula is C15H9F2N3. The van der Waals surface area contributed by atoms with Crippen LogP contribution in [0.3, 0.4) is 0 Å². The van der Waals surface area contributed by atoms with Gasteiger partial charge in [-0.05, 0) is 24.3 Å². The number of nitrogens with zero attached hydrogens (tertiary/aromatic N) is 2. The molecule has 0 amide bonds. The van der Waals surface area contributed by atoms with Gasteiger partial charge in [-0.3, -0.25) is 0 Å². The fourth-order valence-electron chi connectivity index (χ4n) is 1.76. The topological polar surface area (TPSA) is 59.6 Å². The fourth-order valence-corrected chi connectivity index (χ4v) is 1.76. The highest BCUT2D eigenvalue weighted by atomic mass is 19.1. The second-order valence-corrected chi connectivity index (χ2v) is 4.05. The molecule has 2 aromatic carbocycles. The number of nitrogens with one attached hydrogen (secondary N) is 1. The van der Waals surface area contributed by atoms with Crippen LogP contribution >= 0.6 is 0 Å². The SMILES string of the molecule is N#Cc1cc(F)ccc1NCc1cccc(C#N)c1F. The molecule has 5 heteroatoms. The van der Waals surface area contributed by atoms with Crippen molar-refractivity contribution in [3.8, 4) is 12.1 Å². The molecule has 0 bridgehead atoms. The van der Waals surface area contributed by atoms with E-state index in [1.807, 2.05) is 6.07 Å². The van der Waals surface area contributed by atoms with E-state index in [4.69, 9.17) is 10.5 Å². The molecule has 0 saturated heterocycles. The summed E-state index contributed by atoms with van der Waals surface area (Å²) in [5, 5.41) is 20.5. The Morgan fingerprint density at radius 2 is 1.75 bits per heavy atom. The van der Waals surface area contributed by atoms with Gasteiger partial charge in [-0.2, -0.15) is 10.5 Å². The molecule has 0 aliphatic heterocycles. The summed E-state index contributed by atoms with van der Waals surface area (Å²) in [6, 6.07) is 11.9. The van der Waals surface area contributed by atoms with Crippen LogP contribution in [0.25, 0.3) is 0 Å². The van der Waals surface area contributed by atoms with Crippen molar-refractivity contribution in [2.24, 2.45) is 0 Å². The maximum atomic E-state index is 13.8. The van der Waals surface area contributed by atoms with Crippen LogP contribution in [0, 0.1) is 34.3 Å². The first-order chi connectivity index (χ1) is 9.65. The molecule has 0 spiro atoms. The third-order valence-electron chi connectivity index (χ3n) is 2.77. The van der Waals surface area contributed by atoms with Crippen molar-refractivity contribution in [2.75, 3.05) is 5.32 Å². The number of hydrogen-bond acceptors (Lipinski definition) is 3. The number of anilines is 1. The second-order valence-electron chi connectivity index (χ2n) is 4.05. The van der Waals surface area contributed by atoms with E-state index < -0.39 is 11.6 Å². The number of benzene rings is 2. The van der Waals surface area contributed by atoms with Crippen LogP contribution < -0.4 is 5.32 Å². The van der Waals surface area contributed by atoms with Crippen molar-refractivity contribution in [3.63, 3.8) is 0 Å². The molecule has 2 rings (SSSR count). The van der Waals surface area contributed by atoms with E-state index in [1.165, 1.54) is 18.2 Å². The first kappa shape index (κ1) is 13.5. The van der Waals surface area contributed by atoms with Gasteiger partial charge in [0, 0.05) is 12.1 Å². The predicted molar refractivity (Wildman–Crippen MR) is 69.6 cm³/mol. The number of hydrogen-bond donors (Lipinski definition) is 1. The lowest BCUT2D eigenvalue weighted by Crippen LogP contribution is -2.04. The summed E-state index contributed by atoms with van der Waals surface area (Å²) in [6.45, 7) is 0.0989. The number of nitriles is 2. The largest absolute Gasteiger partial charge is 0.380 e. The zero-order valence-electron chi connectivity index (χ0n) is 10.3. The molecule has 0 saturated carbocycles. The average Bonchev–Trinajstić information content (AvgIpc) is 2.47. The van der Waals surface area contributed by atoms with Gasteiger partial charge in [-0.25, -0.2) is 8.78 Å². The van der Waals surface area contributed by atoms with E-state index >= 15 is 0 Å². The molecule has 0 fully saturated rings. The fraction of sp³-hybridized carbons (Fsp3) is 0.0667. The number of halogens is 2. The first-order valence-electron chi connectivity index (χ1n) is 5.76. The van der Waals surface area contributed by atoms with Crippen molar-refractivity contribution in [1.82, 2.24) is 0 Å². The van der Waals surface area contributed by atoms with Crippen molar-refractivity contribution >= 4 is 5.69 Å². The Hall–Kier alpha value is -2.92. The Labute approximate surface area is 114 Å². The molecule has 3 nitrogen and oxygen atoms in total. The molecule has 0 aliphatic rings. The molecular weight excluding hydrogens is 260 g/mol. The maximum absolute atomic E-state index is 13.8. The lowest BCUT2D eigenvalue weighted by molar-refractivity contribution is 0.609. The minimum Gasteiger partial charge on any atom is -0.380 e. The van der Waals surface area contributed by atoms with Gasteiger partial charge in [-0.1, -0.05) is 12.1 Å². The summed E-state index contributed by atoms with van der Waals surface area (Å²) >= 11 is 0. The van der Waals surface area contributed by atoms with Crippen LogP contribution in [-0.2, 0) is 6.54 Å². The Bertz CT molecular complexity index is 727. The third-order valence-corrected chi connectivity index (χ3v) is 2.77. The number of rotatable bonds is 3. The van der Waals surface area contributed by atoms with Crippen LogP contribution in [0.2, 0.25) is 0 Å². The van der Waals surface area contributed by atoms with Gasteiger partial charge in [0.15, 0.2) is 0 Å². The van der Waals surface area contributed by atoms with Crippen LogP contribution in [0.4, 0.5) is 14.5 Å². The van der Waals surface area contributed by atoms with Crippen LogP contribution in [0.5, 0.6) is 0 Å². The monoisotopic (exact) mass is 269 g/mol. The molecule has 0 aliphatic carbocycles. The molecule has 1 N–H and O–H groups in total. The highest BCUT2D eigenvalue weighted by Gasteiger charge is 2.08. The summed E-state index contributed by atoms with van der Waals surface area (Å²) in [7, 11) is 0. The summed E-state index contributed by atoms with van der Waals surface area (Å²) in [6.07, 6.45) is 0. The van der Waals surface area contributed by atoms with Gasteiger partial charge >= 0.3 is 0 Å². The third kappa shape index (κ3) is 2.73. The molecule has 0 heterocycles. The average molecular weight is 269 g/mol. The van der Waals surface area contributed by atoms with Crippen molar-refractivity contribution in [2.45, 2.75) is 6.54 Å². The van der Waals surface area contributed by atoms with Crippen molar-refractivity contribution < 1.29 is 8.78 Å². The summed E-state index contributed by atoms with van der Waals surface area (Å²) in [5.74, 6) is -1.10. The zero-order chi connectivity index (χ0) is 14.5. The lowest BCUT2D eigenvalue weighted by atomic mass is 10.1. The standard InChI is InChI=1S/C15H9F2N3/c16-13-4-5-14(12(6-13)8-19)20-9-11-3-1-2-10(7-18)15(11)17/h1-6,20H,9H2. The van der Waals surface area contributed by atoms with Crippen LogP contribution in [-0.4, -0.2) is 0 Å².